The lowest BCUT2D eigenvalue weighted by atomic mass is 10.1. The summed E-state index contributed by atoms with van der Waals surface area (Å²) in [6, 6.07) is 13.0. The number of aromatic nitrogens is 4. The van der Waals surface area contributed by atoms with Gasteiger partial charge in [0.15, 0.2) is 5.82 Å². The Hall–Kier alpha value is -3.66. The van der Waals surface area contributed by atoms with E-state index in [0.29, 0.717) is 10.6 Å². The van der Waals surface area contributed by atoms with E-state index in [1.54, 1.807) is 28.8 Å². The summed E-state index contributed by atoms with van der Waals surface area (Å²) in [6.07, 6.45) is 0.719. The number of para-hydroxylation sites is 1. The molecule has 0 aliphatic carbocycles. The number of carbonyl (C=O) groups is 1. The van der Waals surface area contributed by atoms with Gasteiger partial charge in [0.2, 0.25) is 4.96 Å². The minimum atomic E-state index is -0.573. The summed E-state index contributed by atoms with van der Waals surface area (Å²) in [6.45, 7) is 1.98. The van der Waals surface area contributed by atoms with E-state index < -0.39 is 10.8 Å². The number of hydrogen-bond acceptors (Lipinski definition) is 7. The largest absolute Gasteiger partial charge is 0.322 e. The Morgan fingerprint density at radius 2 is 2.04 bits per heavy atom. The van der Waals surface area contributed by atoms with Crippen LogP contribution in [-0.2, 0) is 6.42 Å². The molecule has 0 bridgehead atoms. The molecule has 0 saturated heterocycles. The van der Waals surface area contributed by atoms with E-state index in [-0.39, 0.29) is 11.3 Å². The van der Waals surface area contributed by atoms with Crippen molar-refractivity contribution in [2.24, 2.45) is 0 Å². The zero-order chi connectivity index (χ0) is 19.7. The molecule has 0 unspecified atom stereocenters. The van der Waals surface area contributed by atoms with Crippen LogP contribution in [0.5, 0.6) is 0 Å². The monoisotopic (exact) mass is 394 g/mol. The minimum absolute atomic E-state index is 0.00397. The van der Waals surface area contributed by atoms with E-state index in [0.717, 1.165) is 22.8 Å². The number of amides is 1. The molecule has 0 aliphatic rings. The topological polar surface area (TPSA) is 115 Å². The summed E-state index contributed by atoms with van der Waals surface area (Å²) < 4.78 is 1.71. The molecule has 1 N–H and O–H groups in total. The van der Waals surface area contributed by atoms with Crippen LogP contribution in [0.15, 0.2) is 48.5 Å². The van der Waals surface area contributed by atoms with Crippen molar-refractivity contribution >= 4 is 33.6 Å². The predicted octanol–water partition coefficient (Wildman–Crippen LogP) is 3.58. The Morgan fingerprint density at radius 3 is 2.82 bits per heavy atom. The highest BCUT2D eigenvalue weighted by Gasteiger charge is 2.19. The number of nitro groups is 1. The molecule has 2 aromatic heterocycles. The number of aryl methyl sites for hydroxylation is 1. The summed E-state index contributed by atoms with van der Waals surface area (Å²) in [5.74, 6) is 0.231. The molecule has 0 saturated carbocycles. The fourth-order valence-electron chi connectivity index (χ4n) is 2.75. The number of rotatable bonds is 5. The van der Waals surface area contributed by atoms with E-state index in [4.69, 9.17) is 0 Å². The highest BCUT2D eigenvalue weighted by atomic mass is 32.1. The Kier molecular flexibility index (Phi) is 4.53. The van der Waals surface area contributed by atoms with E-state index in [9.17, 15) is 14.9 Å². The van der Waals surface area contributed by atoms with E-state index in [2.05, 4.69) is 20.6 Å². The van der Waals surface area contributed by atoms with Gasteiger partial charge in [0.25, 0.3) is 11.6 Å². The third-order valence-electron chi connectivity index (χ3n) is 4.08. The third kappa shape index (κ3) is 3.21. The second kappa shape index (κ2) is 7.16. The van der Waals surface area contributed by atoms with Gasteiger partial charge in [0.05, 0.1) is 4.92 Å². The zero-order valence-electron chi connectivity index (χ0n) is 14.7. The second-order valence-electron chi connectivity index (χ2n) is 5.88. The van der Waals surface area contributed by atoms with Gasteiger partial charge in [-0.05, 0) is 18.2 Å². The quantitative estimate of drug-likeness (QED) is 0.409. The molecule has 0 radical (unpaired) electrons. The first-order valence-corrected chi connectivity index (χ1v) is 9.25. The highest BCUT2D eigenvalue weighted by molar-refractivity contribution is 7.19. The number of benzene rings is 2. The van der Waals surface area contributed by atoms with Gasteiger partial charge in [-0.2, -0.15) is 9.61 Å². The number of carbonyl (C=O) groups excluding carboxylic acids is 1. The third-order valence-corrected chi connectivity index (χ3v) is 5.03. The molecule has 28 heavy (non-hydrogen) atoms. The maximum Gasteiger partial charge on any atom is 0.282 e. The number of nitrogens with one attached hydrogen (secondary N) is 1. The Balaban J connectivity index is 1.63. The summed E-state index contributed by atoms with van der Waals surface area (Å²) in [4.78, 5) is 23.8. The molecule has 140 valence electrons. The van der Waals surface area contributed by atoms with Crippen molar-refractivity contribution in [3.63, 3.8) is 0 Å². The van der Waals surface area contributed by atoms with Crippen LogP contribution in [0.25, 0.3) is 15.5 Å². The van der Waals surface area contributed by atoms with Gasteiger partial charge in [0, 0.05) is 23.7 Å². The molecule has 10 heteroatoms. The molecule has 4 aromatic rings. The molecule has 0 fully saturated rings. The zero-order valence-corrected chi connectivity index (χ0v) is 15.5. The number of nitrogens with zero attached hydrogens (tertiary/aromatic N) is 5. The second-order valence-corrected chi connectivity index (χ2v) is 6.84. The van der Waals surface area contributed by atoms with Crippen molar-refractivity contribution < 1.29 is 9.72 Å². The smallest absolute Gasteiger partial charge is 0.282 e. The Labute approximate surface area is 162 Å². The van der Waals surface area contributed by atoms with Crippen molar-refractivity contribution in [2.45, 2.75) is 13.3 Å². The number of fused-ring (bicyclic) bond motifs is 1. The van der Waals surface area contributed by atoms with Crippen LogP contribution < -0.4 is 5.32 Å². The summed E-state index contributed by atoms with van der Waals surface area (Å²) in [7, 11) is 0. The Morgan fingerprint density at radius 1 is 1.21 bits per heavy atom. The molecular formula is C18H14N6O3S. The lowest BCUT2D eigenvalue weighted by Gasteiger charge is -2.07. The minimum Gasteiger partial charge on any atom is -0.322 e. The van der Waals surface area contributed by atoms with E-state index in [1.165, 1.54) is 29.5 Å². The molecule has 1 amide bonds. The van der Waals surface area contributed by atoms with Crippen molar-refractivity contribution in [2.75, 3.05) is 5.32 Å². The molecule has 2 aromatic carbocycles. The number of anilines is 1. The average molecular weight is 394 g/mol. The van der Waals surface area contributed by atoms with E-state index in [1.807, 2.05) is 13.0 Å². The first kappa shape index (κ1) is 17.7. The van der Waals surface area contributed by atoms with Crippen molar-refractivity contribution in [1.29, 1.82) is 0 Å². The normalized spacial score (nSPS) is 10.9. The molecule has 0 aliphatic heterocycles. The molecule has 2 heterocycles. The van der Waals surface area contributed by atoms with Crippen LogP contribution in [0.2, 0.25) is 0 Å². The summed E-state index contributed by atoms with van der Waals surface area (Å²) in [5, 5.41) is 27.3. The van der Waals surface area contributed by atoms with Gasteiger partial charge in [-0.1, -0.05) is 42.5 Å². The van der Waals surface area contributed by atoms with Crippen LogP contribution in [0.1, 0.15) is 23.1 Å². The van der Waals surface area contributed by atoms with Crippen LogP contribution in [-0.4, -0.2) is 30.6 Å². The fourth-order valence-corrected chi connectivity index (χ4v) is 3.60. The Bertz CT molecular complexity index is 1200. The molecule has 4 rings (SSSR count). The first-order chi connectivity index (χ1) is 13.6. The lowest BCUT2D eigenvalue weighted by molar-refractivity contribution is -0.385. The standard InChI is InChI=1S/C18H14N6O3S/c1-2-15-20-21-18-23(15)22-17(28-18)11-6-5-7-12(10-11)19-16(25)13-8-3-4-9-14(13)24(26)27/h3-10H,2H2,1H3,(H,19,25). The van der Waals surface area contributed by atoms with Gasteiger partial charge in [-0.3, -0.25) is 14.9 Å². The van der Waals surface area contributed by atoms with Gasteiger partial charge >= 0.3 is 0 Å². The highest BCUT2D eigenvalue weighted by Crippen LogP contribution is 2.28. The lowest BCUT2D eigenvalue weighted by Crippen LogP contribution is -2.13. The van der Waals surface area contributed by atoms with Gasteiger partial charge in [-0.15, -0.1) is 10.2 Å². The van der Waals surface area contributed by atoms with Gasteiger partial charge in [0.1, 0.15) is 10.6 Å². The summed E-state index contributed by atoms with van der Waals surface area (Å²) in [5.41, 5.74) is 1.08. The fraction of sp³-hybridized carbons (Fsp3) is 0.111. The summed E-state index contributed by atoms with van der Waals surface area (Å²) >= 11 is 1.39. The van der Waals surface area contributed by atoms with Gasteiger partial charge < -0.3 is 5.32 Å². The maximum atomic E-state index is 12.5. The maximum absolute atomic E-state index is 12.5. The van der Waals surface area contributed by atoms with Crippen molar-refractivity contribution in [3.05, 3.63) is 70.0 Å². The van der Waals surface area contributed by atoms with Crippen LogP contribution in [0.4, 0.5) is 11.4 Å². The molecule has 9 nitrogen and oxygen atoms in total. The number of nitro benzene ring substituents is 1. The predicted molar refractivity (Wildman–Crippen MR) is 105 cm³/mol. The average Bonchev–Trinajstić information content (AvgIpc) is 3.28. The first-order valence-electron chi connectivity index (χ1n) is 8.43. The number of hydrogen-bond donors (Lipinski definition) is 1. The van der Waals surface area contributed by atoms with Crippen LogP contribution in [0, 0.1) is 10.1 Å². The van der Waals surface area contributed by atoms with Gasteiger partial charge in [-0.25, -0.2) is 0 Å². The molecular weight excluding hydrogens is 380 g/mol. The van der Waals surface area contributed by atoms with Crippen molar-refractivity contribution in [3.8, 4) is 10.6 Å². The molecule has 0 spiro atoms. The van der Waals surface area contributed by atoms with E-state index >= 15 is 0 Å². The molecule has 0 atom stereocenters. The SMILES string of the molecule is CCc1nnc2sc(-c3cccc(NC(=O)c4ccccc4[N+](=O)[O-])c3)nn12. The van der Waals surface area contributed by atoms with Crippen LogP contribution >= 0.6 is 11.3 Å². The van der Waals surface area contributed by atoms with Crippen LogP contribution in [0.3, 0.4) is 0 Å². The van der Waals surface area contributed by atoms with Crippen molar-refractivity contribution in [1.82, 2.24) is 19.8 Å².